The lowest BCUT2D eigenvalue weighted by atomic mass is 9.98. The molecule has 5 aromatic rings. The third kappa shape index (κ3) is 3.76. The fourth-order valence-electron chi connectivity index (χ4n) is 4.46. The molecule has 178 valence electrons. The summed E-state index contributed by atoms with van der Waals surface area (Å²) >= 11 is 1.35. The molecule has 0 spiro atoms. The number of rotatable bonds is 6. The zero-order valence-corrected chi connectivity index (χ0v) is 20.2. The highest BCUT2D eigenvalue weighted by Crippen LogP contribution is 2.43. The zero-order valence-electron chi connectivity index (χ0n) is 19.4. The number of fused-ring (bicyclic) bond motifs is 2. The maximum Gasteiger partial charge on any atom is 0.297 e. The third-order valence-corrected chi connectivity index (χ3v) is 7.04. The lowest BCUT2D eigenvalue weighted by Gasteiger charge is -2.22. The maximum atomic E-state index is 13.7. The van der Waals surface area contributed by atoms with Gasteiger partial charge in [-0.15, -0.1) is 10.2 Å². The van der Waals surface area contributed by atoms with Gasteiger partial charge >= 0.3 is 0 Å². The second-order valence-corrected chi connectivity index (χ2v) is 9.50. The van der Waals surface area contributed by atoms with Crippen molar-refractivity contribution in [3.63, 3.8) is 0 Å². The molecular weight excluding hydrogens is 474 g/mol. The van der Waals surface area contributed by atoms with Crippen LogP contribution in [0.5, 0.6) is 11.5 Å². The van der Waals surface area contributed by atoms with Crippen LogP contribution in [-0.2, 0) is 6.42 Å². The van der Waals surface area contributed by atoms with E-state index < -0.39 is 11.9 Å². The van der Waals surface area contributed by atoms with Gasteiger partial charge in [-0.1, -0.05) is 60.7 Å². The molecule has 3 heterocycles. The van der Waals surface area contributed by atoms with Gasteiger partial charge in [-0.2, -0.15) is 0 Å². The van der Waals surface area contributed by atoms with E-state index in [1.807, 2.05) is 54.6 Å². The highest BCUT2D eigenvalue weighted by Gasteiger charge is 2.45. The van der Waals surface area contributed by atoms with Gasteiger partial charge in [-0.25, -0.2) is 0 Å². The summed E-state index contributed by atoms with van der Waals surface area (Å²) in [5.41, 5.74) is 1.15. The Morgan fingerprint density at radius 3 is 2.56 bits per heavy atom. The second kappa shape index (κ2) is 9.05. The number of aryl methyl sites for hydroxylation is 1. The smallest absolute Gasteiger partial charge is 0.297 e. The van der Waals surface area contributed by atoms with Gasteiger partial charge in [0.1, 0.15) is 22.1 Å². The van der Waals surface area contributed by atoms with Crippen LogP contribution in [-0.4, -0.2) is 16.1 Å². The average molecular weight is 496 g/mol. The number of amides is 1. The number of anilines is 1. The number of carbonyl (C=O) groups excluding carboxylic acids is 1. The van der Waals surface area contributed by atoms with Crippen molar-refractivity contribution in [3.8, 4) is 11.5 Å². The van der Waals surface area contributed by atoms with Crippen LogP contribution in [0.4, 0.5) is 5.13 Å². The first-order chi connectivity index (χ1) is 17.6. The Kier molecular flexibility index (Phi) is 5.58. The molecule has 0 saturated carbocycles. The molecule has 1 aliphatic rings. The molecule has 0 radical (unpaired) electrons. The third-order valence-electron chi connectivity index (χ3n) is 6.06. The fraction of sp³-hybridized carbons (Fsp3) is 0.143. The number of nitrogens with zero attached hydrogens (tertiary/aromatic N) is 3. The van der Waals surface area contributed by atoms with Crippen molar-refractivity contribution in [3.05, 3.63) is 111 Å². The van der Waals surface area contributed by atoms with Crippen LogP contribution in [0.3, 0.4) is 0 Å². The molecule has 3 aromatic carbocycles. The van der Waals surface area contributed by atoms with Gasteiger partial charge in [0.05, 0.1) is 17.0 Å². The Bertz CT molecular complexity index is 1640. The molecule has 36 heavy (non-hydrogen) atoms. The van der Waals surface area contributed by atoms with Gasteiger partial charge in [0.15, 0.2) is 5.43 Å². The van der Waals surface area contributed by atoms with Crippen LogP contribution in [0.15, 0.2) is 88.1 Å². The van der Waals surface area contributed by atoms with Crippen LogP contribution < -0.4 is 15.1 Å². The topological polar surface area (TPSA) is 85.5 Å². The number of para-hydroxylation sites is 2. The molecule has 0 bridgehead atoms. The molecule has 0 N–H and O–H groups in total. The van der Waals surface area contributed by atoms with Crippen molar-refractivity contribution < 1.29 is 13.9 Å². The van der Waals surface area contributed by atoms with Gasteiger partial charge in [0, 0.05) is 6.42 Å². The Morgan fingerprint density at radius 1 is 0.944 bits per heavy atom. The standard InChI is InChI=1S/C28H21N3O4S/c1-2-9-22-29-30-28(36-22)31-24(17-10-8-13-19(16-17)34-18-11-4-3-5-12-18)23-25(32)20-14-6-7-15-21(20)35-26(23)27(31)33/h3-8,10-16,24H,2,9H2,1H3. The van der Waals surface area contributed by atoms with Gasteiger partial charge < -0.3 is 9.15 Å². The van der Waals surface area contributed by atoms with Crippen molar-refractivity contribution in [2.24, 2.45) is 0 Å². The SMILES string of the molecule is CCCc1nnc(N2C(=O)c3oc4ccccc4c(=O)c3C2c2cccc(Oc3ccccc3)c2)s1. The van der Waals surface area contributed by atoms with Crippen LogP contribution in [0.2, 0.25) is 0 Å². The highest BCUT2D eigenvalue weighted by molar-refractivity contribution is 7.15. The molecule has 7 nitrogen and oxygen atoms in total. The summed E-state index contributed by atoms with van der Waals surface area (Å²) in [7, 11) is 0. The number of benzene rings is 3. The van der Waals surface area contributed by atoms with Crippen molar-refractivity contribution in [1.29, 1.82) is 0 Å². The van der Waals surface area contributed by atoms with Crippen LogP contribution in [0.1, 0.15) is 46.1 Å². The zero-order chi connectivity index (χ0) is 24.6. The van der Waals surface area contributed by atoms with Crippen molar-refractivity contribution in [1.82, 2.24) is 10.2 Å². The van der Waals surface area contributed by atoms with E-state index in [4.69, 9.17) is 9.15 Å². The average Bonchev–Trinajstić information content (AvgIpc) is 3.47. The Morgan fingerprint density at radius 2 is 1.72 bits per heavy atom. The molecule has 1 amide bonds. The highest BCUT2D eigenvalue weighted by atomic mass is 32.1. The molecule has 8 heteroatoms. The largest absolute Gasteiger partial charge is 0.457 e. The van der Waals surface area contributed by atoms with E-state index in [1.165, 1.54) is 16.2 Å². The first kappa shape index (κ1) is 22.2. The lowest BCUT2D eigenvalue weighted by Crippen LogP contribution is -2.29. The molecular formula is C28H21N3O4S. The summed E-state index contributed by atoms with van der Waals surface area (Å²) in [6, 6.07) is 23.1. The van der Waals surface area contributed by atoms with E-state index in [9.17, 15) is 9.59 Å². The van der Waals surface area contributed by atoms with Crippen molar-refractivity contribution >= 4 is 33.3 Å². The molecule has 0 aliphatic carbocycles. The Balaban J connectivity index is 1.52. The first-order valence-corrected chi connectivity index (χ1v) is 12.5. The van der Waals surface area contributed by atoms with Crippen molar-refractivity contribution in [2.75, 3.05) is 4.90 Å². The number of hydrogen-bond donors (Lipinski definition) is 0. The fourth-order valence-corrected chi connectivity index (χ4v) is 5.43. The minimum absolute atomic E-state index is 0.0327. The predicted octanol–water partition coefficient (Wildman–Crippen LogP) is 6.14. The van der Waals surface area contributed by atoms with E-state index in [-0.39, 0.29) is 11.2 Å². The second-order valence-electron chi connectivity index (χ2n) is 8.46. The number of aromatic nitrogens is 2. The molecule has 0 fully saturated rings. The van der Waals surface area contributed by atoms with Crippen LogP contribution in [0.25, 0.3) is 11.0 Å². The summed E-state index contributed by atoms with van der Waals surface area (Å²) in [4.78, 5) is 28.9. The molecule has 1 atom stereocenters. The maximum absolute atomic E-state index is 13.7. The number of carbonyl (C=O) groups is 1. The van der Waals surface area contributed by atoms with Gasteiger partial charge in [-0.3, -0.25) is 14.5 Å². The molecule has 2 aromatic heterocycles. The normalized spacial score (nSPS) is 14.9. The number of hydrogen-bond acceptors (Lipinski definition) is 7. The molecule has 6 rings (SSSR count). The van der Waals surface area contributed by atoms with E-state index >= 15 is 0 Å². The molecule has 1 unspecified atom stereocenters. The monoisotopic (exact) mass is 495 g/mol. The van der Waals surface area contributed by atoms with E-state index in [2.05, 4.69) is 17.1 Å². The predicted molar refractivity (Wildman–Crippen MR) is 138 cm³/mol. The first-order valence-electron chi connectivity index (χ1n) is 11.7. The summed E-state index contributed by atoms with van der Waals surface area (Å²) in [6.07, 6.45) is 1.68. The quantitative estimate of drug-likeness (QED) is 0.281. The Hall–Kier alpha value is -4.30. The minimum Gasteiger partial charge on any atom is -0.457 e. The molecule has 1 aliphatic heterocycles. The van der Waals surface area contributed by atoms with Crippen molar-refractivity contribution in [2.45, 2.75) is 25.8 Å². The van der Waals surface area contributed by atoms with Crippen LogP contribution >= 0.6 is 11.3 Å². The van der Waals surface area contributed by atoms with E-state index in [1.54, 1.807) is 24.3 Å². The van der Waals surface area contributed by atoms with Gasteiger partial charge in [0.25, 0.3) is 5.91 Å². The summed E-state index contributed by atoms with van der Waals surface area (Å²) in [5, 5.41) is 10.3. The molecule has 0 saturated heterocycles. The number of ether oxygens (including phenoxy) is 1. The minimum atomic E-state index is -0.727. The lowest BCUT2D eigenvalue weighted by molar-refractivity contribution is 0.0970. The van der Waals surface area contributed by atoms with E-state index in [0.29, 0.717) is 38.7 Å². The van der Waals surface area contributed by atoms with Crippen LogP contribution in [0, 0.1) is 0 Å². The van der Waals surface area contributed by atoms with Gasteiger partial charge in [-0.05, 0) is 48.4 Å². The Labute approximate surface area is 210 Å². The summed E-state index contributed by atoms with van der Waals surface area (Å²) < 4.78 is 12.1. The summed E-state index contributed by atoms with van der Waals surface area (Å²) in [6.45, 7) is 2.06. The van der Waals surface area contributed by atoms with Gasteiger partial charge in [0.2, 0.25) is 10.9 Å². The van der Waals surface area contributed by atoms with E-state index in [0.717, 1.165) is 17.8 Å². The summed E-state index contributed by atoms with van der Waals surface area (Å²) in [5.74, 6) is 0.902.